The second-order valence-corrected chi connectivity index (χ2v) is 6.98. The summed E-state index contributed by atoms with van der Waals surface area (Å²) < 4.78 is 23.4. The fourth-order valence-corrected chi connectivity index (χ4v) is 2.74. The van der Waals surface area contributed by atoms with Crippen LogP contribution < -0.4 is 5.32 Å². The lowest BCUT2D eigenvalue weighted by Gasteiger charge is -2.12. The van der Waals surface area contributed by atoms with Crippen molar-refractivity contribution >= 4 is 33.5 Å². The molecule has 1 heterocycles. The van der Waals surface area contributed by atoms with E-state index in [1.54, 1.807) is 0 Å². The standard InChI is InChI=1S/C13H16N2O7S/c1-2-3-10(16)14-7-9-23(20,21)8-6-13(19)22-15-11(17)4-5-12(15)18/h1H,3-9H2,(H,14,16). The molecule has 0 spiro atoms. The molecule has 1 saturated heterocycles. The number of imide groups is 1. The van der Waals surface area contributed by atoms with E-state index in [0.29, 0.717) is 5.06 Å². The van der Waals surface area contributed by atoms with Gasteiger partial charge in [0.05, 0.1) is 24.3 Å². The second kappa shape index (κ2) is 8.28. The number of rotatable bonds is 8. The van der Waals surface area contributed by atoms with Gasteiger partial charge in [-0.2, -0.15) is 0 Å². The third-order valence-corrected chi connectivity index (χ3v) is 4.47. The van der Waals surface area contributed by atoms with Gasteiger partial charge in [0.2, 0.25) is 5.91 Å². The molecule has 1 fully saturated rings. The molecule has 0 atom stereocenters. The first-order valence-electron chi connectivity index (χ1n) is 6.72. The van der Waals surface area contributed by atoms with Crippen LogP contribution in [-0.4, -0.2) is 55.2 Å². The first kappa shape index (κ1) is 18.6. The molecule has 1 rings (SSSR count). The molecule has 0 aliphatic carbocycles. The number of carbonyl (C=O) groups excluding carboxylic acids is 4. The van der Waals surface area contributed by atoms with Crippen LogP contribution in [-0.2, 0) is 33.9 Å². The summed E-state index contributed by atoms with van der Waals surface area (Å²) in [5.74, 6) is -1.50. The third-order valence-electron chi connectivity index (χ3n) is 2.81. The maximum absolute atomic E-state index is 11.7. The summed E-state index contributed by atoms with van der Waals surface area (Å²) in [4.78, 5) is 49.6. The average molecular weight is 344 g/mol. The summed E-state index contributed by atoms with van der Waals surface area (Å²) in [6.45, 7) is -0.124. The summed E-state index contributed by atoms with van der Waals surface area (Å²) >= 11 is 0. The number of carbonyl (C=O) groups is 4. The van der Waals surface area contributed by atoms with Crippen molar-refractivity contribution in [2.75, 3.05) is 18.1 Å². The number of sulfone groups is 1. The Hall–Kier alpha value is -2.41. The van der Waals surface area contributed by atoms with Crippen molar-refractivity contribution in [3.63, 3.8) is 0 Å². The van der Waals surface area contributed by atoms with Crippen molar-refractivity contribution in [2.45, 2.75) is 25.7 Å². The normalized spacial score (nSPS) is 14.5. The van der Waals surface area contributed by atoms with Crippen LogP contribution in [0.5, 0.6) is 0 Å². The van der Waals surface area contributed by atoms with Crippen molar-refractivity contribution in [3.05, 3.63) is 0 Å². The molecular weight excluding hydrogens is 328 g/mol. The van der Waals surface area contributed by atoms with Crippen molar-refractivity contribution in [3.8, 4) is 12.3 Å². The minimum atomic E-state index is -3.60. The van der Waals surface area contributed by atoms with Gasteiger partial charge in [0.15, 0.2) is 9.84 Å². The summed E-state index contributed by atoms with van der Waals surface area (Å²) in [6, 6.07) is 0. The second-order valence-electron chi connectivity index (χ2n) is 4.68. The van der Waals surface area contributed by atoms with E-state index >= 15 is 0 Å². The minimum absolute atomic E-state index is 0.0399. The molecule has 1 aliphatic rings. The van der Waals surface area contributed by atoms with E-state index in [2.05, 4.69) is 16.1 Å². The Kier molecular flexibility index (Phi) is 6.71. The largest absolute Gasteiger partial charge is 0.354 e. The molecule has 23 heavy (non-hydrogen) atoms. The first-order valence-corrected chi connectivity index (χ1v) is 8.54. The van der Waals surface area contributed by atoms with Crippen LogP contribution in [0.2, 0.25) is 0 Å². The van der Waals surface area contributed by atoms with Gasteiger partial charge in [0, 0.05) is 19.4 Å². The van der Waals surface area contributed by atoms with E-state index in [0.717, 1.165) is 0 Å². The lowest BCUT2D eigenvalue weighted by Crippen LogP contribution is -2.33. The number of hydroxylamine groups is 2. The zero-order valence-corrected chi connectivity index (χ0v) is 13.1. The molecule has 0 aromatic heterocycles. The number of nitrogens with one attached hydrogen (secondary N) is 1. The number of hydrogen-bond donors (Lipinski definition) is 1. The summed E-state index contributed by atoms with van der Waals surface area (Å²) in [5.41, 5.74) is 0. The van der Waals surface area contributed by atoms with Gasteiger partial charge < -0.3 is 10.2 Å². The SMILES string of the molecule is C#CCC(=O)NCCS(=O)(=O)CCC(=O)ON1C(=O)CCC1=O. The highest BCUT2D eigenvalue weighted by Crippen LogP contribution is 2.12. The minimum Gasteiger partial charge on any atom is -0.354 e. The number of nitrogens with zero attached hydrogens (tertiary/aromatic N) is 1. The molecule has 0 aromatic rings. The Labute approximate surface area is 133 Å². The maximum atomic E-state index is 11.7. The van der Waals surface area contributed by atoms with Gasteiger partial charge in [-0.25, -0.2) is 13.2 Å². The topological polar surface area (TPSA) is 127 Å². The van der Waals surface area contributed by atoms with Crippen LogP contribution in [0.1, 0.15) is 25.7 Å². The quantitative estimate of drug-likeness (QED) is 0.421. The van der Waals surface area contributed by atoms with Crippen molar-refractivity contribution in [2.24, 2.45) is 0 Å². The molecule has 0 aromatic carbocycles. The highest BCUT2D eigenvalue weighted by Gasteiger charge is 2.33. The van der Waals surface area contributed by atoms with Gasteiger partial charge in [-0.1, -0.05) is 5.92 Å². The molecule has 9 nitrogen and oxygen atoms in total. The molecule has 1 N–H and O–H groups in total. The highest BCUT2D eigenvalue weighted by atomic mass is 32.2. The van der Waals surface area contributed by atoms with E-state index in [1.165, 1.54) is 0 Å². The summed E-state index contributed by atoms with van der Waals surface area (Å²) in [6.07, 6.45) is 4.19. The Bertz CT molecular complexity index is 632. The molecule has 10 heteroatoms. The molecule has 0 radical (unpaired) electrons. The predicted molar refractivity (Wildman–Crippen MR) is 76.9 cm³/mol. The zero-order chi connectivity index (χ0) is 17.5. The van der Waals surface area contributed by atoms with Crippen LogP contribution in [0.25, 0.3) is 0 Å². The molecule has 3 amide bonds. The maximum Gasteiger partial charge on any atom is 0.334 e. The predicted octanol–water partition coefficient (Wildman–Crippen LogP) is -1.46. The Morgan fingerprint density at radius 2 is 1.83 bits per heavy atom. The van der Waals surface area contributed by atoms with Gasteiger partial charge in [-0.3, -0.25) is 14.4 Å². The number of terminal acetylenes is 1. The van der Waals surface area contributed by atoms with Gasteiger partial charge in [-0.15, -0.1) is 11.5 Å². The Morgan fingerprint density at radius 3 is 2.39 bits per heavy atom. The van der Waals surface area contributed by atoms with Gasteiger partial charge in [0.25, 0.3) is 11.8 Å². The van der Waals surface area contributed by atoms with Crippen LogP contribution in [0.15, 0.2) is 0 Å². The van der Waals surface area contributed by atoms with E-state index in [4.69, 9.17) is 6.42 Å². The lowest BCUT2D eigenvalue weighted by atomic mass is 10.4. The third kappa shape index (κ3) is 6.48. The highest BCUT2D eigenvalue weighted by molar-refractivity contribution is 7.91. The van der Waals surface area contributed by atoms with Gasteiger partial charge in [-0.05, 0) is 0 Å². The summed E-state index contributed by atoms with van der Waals surface area (Å²) in [7, 11) is -3.60. The first-order chi connectivity index (χ1) is 10.7. The van der Waals surface area contributed by atoms with Gasteiger partial charge in [0.1, 0.15) is 0 Å². The van der Waals surface area contributed by atoms with Crippen LogP contribution >= 0.6 is 0 Å². The summed E-state index contributed by atoms with van der Waals surface area (Å²) in [5, 5.41) is 2.68. The Morgan fingerprint density at radius 1 is 1.22 bits per heavy atom. The van der Waals surface area contributed by atoms with E-state index < -0.39 is 45.7 Å². The van der Waals surface area contributed by atoms with E-state index in [9.17, 15) is 27.6 Å². The van der Waals surface area contributed by atoms with Crippen LogP contribution in [0.3, 0.4) is 0 Å². The molecular formula is C13H16N2O7S. The monoisotopic (exact) mass is 344 g/mol. The van der Waals surface area contributed by atoms with Crippen LogP contribution in [0.4, 0.5) is 0 Å². The molecule has 0 unspecified atom stereocenters. The lowest BCUT2D eigenvalue weighted by molar-refractivity contribution is -0.197. The molecule has 1 aliphatic heterocycles. The number of hydrogen-bond acceptors (Lipinski definition) is 7. The van der Waals surface area contributed by atoms with Gasteiger partial charge >= 0.3 is 5.97 Å². The van der Waals surface area contributed by atoms with Crippen molar-refractivity contribution < 1.29 is 32.4 Å². The smallest absolute Gasteiger partial charge is 0.334 e. The zero-order valence-electron chi connectivity index (χ0n) is 12.2. The number of amides is 3. The van der Waals surface area contributed by atoms with Crippen molar-refractivity contribution in [1.82, 2.24) is 10.4 Å². The molecule has 126 valence electrons. The average Bonchev–Trinajstić information content (AvgIpc) is 2.77. The van der Waals surface area contributed by atoms with E-state index in [-0.39, 0.29) is 31.6 Å². The van der Waals surface area contributed by atoms with Crippen LogP contribution in [0, 0.1) is 12.3 Å². The fraction of sp³-hybridized carbons (Fsp3) is 0.538. The molecule has 0 bridgehead atoms. The fourth-order valence-electron chi connectivity index (χ4n) is 1.65. The molecule has 0 saturated carbocycles. The Balaban J connectivity index is 2.33. The van der Waals surface area contributed by atoms with Crippen molar-refractivity contribution in [1.29, 1.82) is 0 Å². The van der Waals surface area contributed by atoms with E-state index in [1.807, 2.05) is 0 Å².